The third-order valence-corrected chi connectivity index (χ3v) is 3.48. The van der Waals surface area contributed by atoms with Crippen molar-refractivity contribution in [3.05, 3.63) is 35.4 Å². The largest absolute Gasteiger partial charge is 0.316 e. The summed E-state index contributed by atoms with van der Waals surface area (Å²) >= 11 is 0. The molecule has 0 bridgehead atoms. The molecule has 0 radical (unpaired) electrons. The molecule has 0 amide bonds. The van der Waals surface area contributed by atoms with Crippen LogP contribution in [0, 0.1) is 12.3 Å². The first-order valence-electron chi connectivity index (χ1n) is 6.00. The first-order valence-corrected chi connectivity index (χ1v) is 6.00. The highest BCUT2D eigenvalue weighted by Crippen LogP contribution is 2.32. The predicted octanol–water partition coefficient (Wildman–Crippen LogP) is 2.93. The lowest BCUT2D eigenvalue weighted by Crippen LogP contribution is -2.54. The highest BCUT2D eigenvalue weighted by atomic mass is 15.0. The van der Waals surface area contributed by atoms with Crippen molar-refractivity contribution < 1.29 is 0 Å². The lowest BCUT2D eigenvalue weighted by Gasteiger charge is -2.43. The van der Waals surface area contributed by atoms with Gasteiger partial charge in [-0.2, -0.15) is 0 Å². The van der Waals surface area contributed by atoms with Crippen LogP contribution in [0.3, 0.4) is 0 Å². The van der Waals surface area contributed by atoms with E-state index in [0.29, 0.717) is 5.41 Å². The fourth-order valence-electron chi connectivity index (χ4n) is 2.54. The number of aryl methyl sites for hydroxylation is 1. The summed E-state index contributed by atoms with van der Waals surface area (Å²) in [4.78, 5) is 0. The van der Waals surface area contributed by atoms with Gasteiger partial charge in [-0.05, 0) is 30.7 Å². The zero-order valence-corrected chi connectivity index (χ0v) is 9.84. The topological polar surface area (TPSA) is 12.0 Å². The first kappa shape index (κ1) is 10.7. The number of rotatable bonds is 4. The molecular weight excluding hydrogens is 182 g/mol. The molecule has 1 saturated heterocycles. The number of nitrogens with one attached hydrogen (secondary N) is 1. The van der Waals surface area contributed by atoms with Gasteiger partial charge in [0, 0.05) is 13.1 Å². The molecule has 2 rings (SSSR count). The van der Waals surface area contributed by atoms with Gasteiger partial charge in [-0.25, -0.2) is 0 Å². The standard InChI is InChI=1S/C14H21N/c1-3-8-14(10-15-11-14)9-13-6-4-12(2)5-7-13/h4-7,15H,3,8-11H2,1-2H3. The Balaban J connectivity index is 2.03. The van der Waals surface area contributed by atoms with Gasteiger partial charge >= 0.3 is 0 Å². The summed E-state index contributed by atoms with van der Waals surface area (Å²) in [7, 11) is 0. The molecule has 0 atom stereocenters. The maximum absolute atomic E-state index is 3.42. The Morgan fingerprint density at radius 3 is 2.33 bits per heavy atom. The minimum atomic E-state index is 0.560. The molecule has 1 heterocycles. The van der Waals surface area contributed by atoms with E-state index in [-0.39, 0.29) is 0 Å². The maximum Gasteiger partial charge on any atom is 0.00234 e. The van der Waals surface area contributed by atoms with Crippen LogP contribution in [-0.4, -0.2) is 13.1 Å². The highest BCUT2D eigenvalue weighted by molar-refractivity contribution is 5.23. The minimum absolute atomic E-state index is 0.560. The van der Waals surface area contributed by atoms with Crippen LogP contribution in [0.5, 0.6) is 0 Å². The van der Waals surface area contributed by atoms with Crippen molar-refractivity contribution in [1.82, 2.24) is 5.32 Å². The van der Waals surface area contributed by atoms with Crippen LogP contribution in [0.15, 0.2) is 24.3 Å². The normalized spacial score (nSPS) is 18.5. The van der Waals surface area contributed by atoms with Gasteiger partial charge in [0.05, 0.1) is 0 Å². The van der Waals surface area contributed by atoms with Crippen molar-refractivity contribution in [2.24, 2.45) is 5.41 Å². The molecule has 1 heteroatoms. The van der Waals surface area contributed by atoms with E-state index in [0.717, 1.165) is 0 Å². The summed E-state index contributed by atoms with van der Waals surface area (Å²) in [6.45, 7) is 6.84. The predicted molar refractivity (Wildman–Crippen MR) is 65.1 cm³/mol. The molecular formula is C14H21N. The van der Waals surface area contributed by atoms with E-state index in [4.69, 9.17) is 0 Å². The Hall–Kier alpha value is -0.820. The van der Waals surface area contributed by atoms with Crippen LogP contribution in [0.2, 0.25) is 0 Å². The van der Waals surface area contributed by atoms with Crippen LogP contribution in [0.1, 0.15) is 30.9 Å². The summed E-state index contributed by atoms with van der Waals surface area (Å²) in [6.07, 6.45) is 3.90. The minimum Gasteiger partial charge on any atom is -0.316 e. The van der Waals surface area contributed by atoms with Crippen molar-refractivity contribution in [3.63, 3.8) is 0 Å². The molecule has 0 saturated carbocycles. The van der Waals surface area contributed by atoms with Crippen molar-refractivity contribution in [2.45, 2.75) is 33.1 Å². The maximum atomic E-state index is 3.42. The molecule has 82 valence electrons. The molecule has 0 aromatic heterocycles. The van der Waals surface area contributed by atoms with Crippen LogP contribution >= 0.6 is 0 Å². The molecule has 1 N–H and O–H groups in total. The Morgan fingerprint density at radius 1 is 1.20 bits per heavy atom. The van der Waals surface area contributed by atoms with Gasteiger partial charge < -0.3 is 5.32 Å². The van der Waals surface area contributed by atoms with E-state index in [2.05, 4.69) is 43.4 Å². The quantitative estimate of drug-likeness (QED) is 0.793. The fraction of sp³-hybridized carbons (Fsp3) is 0.571. The lowest BCUT2D eigenvalue weighted by atomic mass is 9.73. The fourth-order valence-corrected chi connectivity index (χ4v) is 2.54. The van der Waals surface area contributed by atoms with Gasteiger partial charge in [-0.3, -0.25) is 0 Å². The lowest BCUT2D eigenvalue weighted by molar-refractivity contribution is 0.151. The van der Waals surface area contributed by atoms with Gasteiger partial charge in [0.2, 0.25) is 0 Å². The average Bonchev–Trinajstić information content (AvgIpc) is 2.18. The first-order chi connectivity index (χ1) is 7.24. The summed E-state index contributed by atoms with van der Waals surface area (Å²) in [5.74, 6) is 0. The van der Waals surface area contributed by atoms with Gasteiger partial charge in [-0.1, -0.05) is 43.2 Å². The van der Waals surface area contributed by atoms with Crippen molar-refractivity contribution in [1.29, 1.82) is 0 Å². The number of benzene rings is 1. The van der Waals surface area contributed by atoms with E-state index in [9.17, 15) is 0 Å². The number of hydrogen-bond donors (Lipinski definition) is 1. The zero-order valence-electron chi connectivity index (χ0n) is 9.84. The Kier molecular flexibility index (Phi) is 3.11. The molecule has 0 aliphatic carbocycles. The van der Waals surface area contributed by atoms with Crippen LogP contribution < -0.4 is 5.32 Å². The third kappa shape index (κ3) is 2.40. The van der Waals surface area contributed by atoms with E-state index in [1.165, 1.54) is 43.5 Å². The van der Waals surface area contributed by atoms with Gasteiger partial charge in [0.25, 0.3) is 0 Å². The molecule has 1 nitrogen and oxygen atoms in total. The van der Waals surface area contributed by atoms with E-state index in [1.807, 2.05) is 0 Å². The smallest absolute Gasteiger partial charge is 0.00234 e. The second-order valence-electron chi connectivity index (χ2n) is 5.02. The zero-order chi connectivity index (χ0) is 10.7. The van der Waals surface area contributed by atoms with Crippen LogP contribution in [0.25, 0.3) is 0 Å². The molecule has 15 heavy (non-hydrogen) atoms. The Labute approximate surface area is 92.9 Å². The van der Waals surface area contributed by atoms with Crippen LogP contribution in [-0.2, 0) is 6.42 Å². The van der Waals surface area contributed by atoms with Crippen LogP contribution in [0.4, 0.5) is 0 Å². The summed E-state index contributed by atoms with van der Waals surface area (Å²) in [5, 5.41) is 3.42. The second-order valence-corrected chi connectivity index (χ2v) is 5.02. The van der Waals surface area contributed by atoms with Gasteiger partial charge in [-0.15, -0.1) is 0 Å². The van der Waals surface area contributed by atoms with E-state index < -0.39 is 0 Å². The summed E-state index contributed by atoms with van der Waals surface area (Å²) < 4.78 is 0. The van der Waals surface area contributed by atoms with E-state index >= 15 is 0 Å². The third-order valence-electron chi connectivity index (χ3n) is 3.48. The molecule has 0 unspecified atom stereocenters. The molecule has 1 aliphatic heterocycles. The monoisotopic (exact) mass is 203 g/mol. The molecule has 1 fully saturated rings. The summed E-state index contributed by atoms with van der Waals surface area (Å²) in [6, 6.07) is 9.01. The highest BCUT2D eigenvalue weighted by Gasteiger charge is 2.35. The Morgan fingerprint density at radius 2 is 1.87 bits per heavy atom. The molecule has 1 aliphatic rings. The second kappa shape index (κ2) is 4.36. The summed E-state index contributed by atoms with van der Waals surface area (Å²) in [5.41, 5.74) is 3.41. The Bertz CT molecular complexity index is 309. The van der Waals surface area contributed by atoms with Gasteiger partial charge in [0.1, 0.15) is 0 Å². The van der Waals surface area contributed by atoms with Gasteiger partial charge in [0.15, 0.2) is 0 Å². The SMILES string of the molecule is CCCC1(Cc2ccc(C)cc2)CNC1. The average molecular weight is 203 g/mol. The van der Waals surface area contributed by atoms with E-state index in [1.54, 1.807) is 0 Å². The molecule has 1 aromatic carbocycles. The number of hydrogen-bond acceptors (Lipinski definition) is 1. The van der Waals surface area contributed by atoms with Crippen molar-refractivity contribution in [3.8, 4) is 0 Å². The van der Waals surface area contributed by atoms with Crippen molar-refractivity contribution in [2.75, 3.05) is 13.1 Å². The molecule has 1 aromatic rings. The molecule has 0 spiro atoms. The van der Waals surface area contributed by atoms with Crippen molar-refractivity contribution >= 4 is 0 Å².